The third-order valence-corrected chi connectivity index (χ3v) is 4.00. The number of piperidine rings is 1. The summed E-state index contributed by atoms with van der Waals surface area (Å²) in [6.45, 7) is 8.27. The Balaban J connectivity index is 0.00000288. The summed E-state index contributed by atoms with van der Waals surface area (Å²) in [4.78, 5) is 6.67. The zero-order valence-corrected chi connectivity index (χ0v) is 17.3. The first-order valence-corrected chi connectivity index (χ1v) is 8.49. The molecule has 0 aliphatic carbocycles. The number of hydrogen-bond donors (Lipinski definition) is 1. The Morgan fingerprint density at radius 3 is 2.71 bits per heavy atom. The topological polar surface area (TPSA) is 46.1 Å². The summed E-state index contributed by atoms with van der Waals surface area (Å²) in [5.74, 6) is 1.87. The second kappa shape index (κ2) is 11.5. The largest absolute Gasteiger partial charge is 0.492 e. The molecule has 0 spiro atoms. The van der Waals surface area contributed by atoms with Gasteiger partial charge in [-0.2, -0.15) is 0 Å². The molecule has 6 heteroatoms. The van der Waals surface area contributed by atoms with E-state index < -0.39 is 0 Å². The Bertz CT molecular complexity index is 503. The van der Waals surface area contributed by atoms with Gasteiger partial charge in [0, 0.05) is 26.7 Å². The van der Waals surface area contributed by atoms with Crippen molar-refractivity contribution >= 4 is 29.9 Å². The van der Waals surface area contributed by atoms with Gasteiger partial charge in [0.25, 0.3) is 0 Å². The van der Waals surface area contributed by atoms with Crippen LogP contribution in [0.3, 0.4) is 0 Å². The lowest BCUT2D eigenvalue weighted by Crippen LogP contribution is -2.47. The van der Waals surface area contributed by atoms with Crippen LogP contribution in [0.1, 0.15) is 25.3 Å². The van der Waals surface area contributed by atoms with Crippen LogP contribution in [0.15, 0.2) is 29.3 Å². The highest BCUT2D eigenvalue weighted by atomic mass is 127. The number of nitrogens with one attached hydrogen (secondary N) is 1. The second-order valence-corrected chi connectivity index (χ2v) is 5.78. The molecule has 1 aliphatic heterocycles. The summed E-state index contributed by atoms with van der Waals surface area (Å²) in [5, 5.41) is 3.38. The number of halogens is 1. The van der Waals surface area contributed by atoms with Crippen LogP contribution in [0, 0.1) is 6.92 Å². The number of aliphatic imine (C=N–C) groups is 1. The summed E-state index contributed by atoms with van der Waals surface area (Å²) in [5.41, 5.74) is 1.21. The van der Waals surface area contributed by atoms with Crippen molar-refractivity contribution in [3.8, 4) is 5.75 Å². The van der Waals surface area contributed by atoms with Gasteiger partial charge in [0.2, 0.25) is 0 Å². The lowest BCUT2D eigenvalue weighted by atomic mass is 10.1. The normalized spacial score (nSPS) is 15.8. The Kier molecular flexibility index (Phi) is 10.1. The Labute approximate surface area is 162 Å². The molecule has 1 N–H and O–H groups in total. The molecule has 2 rings (SSSR count). The van der Waals surface area contributed by atoms with Gasteiger partial charge in [-0.15, -0.1) is 24.0 Å². The van der Waals surface area contributed by atoms with Crippen LogP contribution in [0.2, 0.25) is 0 Å². The molecule has 0 radical (unpaired) electrons. The van der Waals surface area contributed by atoms with E-state index in [0.717, 1.165) is 50.8 Å². The van der Waals surface area contributed by atoms with E-state index in [1.54, 1.807) is 0 Å². The van der Waals surface area contributed by atoms with E-state index in [9.17, 15) is 0 Å². The number of rotatable bonds is 6. The summed E-state index contributed by atoms with van der Waals surface area (Å²) in [6, 6.07) is 8.12. The molecule has 24 heavy (non-hydrogen) atoms. The second-order valence-electron chi connectivity index (χ2n) is 5.78. The quantitative estimate of drug-likeness (QED) is 0.315. The number of benzene rings is 1. The first kappa shape index (κ1) is 21.0. The molecule has 1 aliphatic rings. The van der Waals surface area contributed by atoms with Crippen LogP contribution >= 0.6 is 24.0 Å². The van der Waals surface area contributed by atoms with E-state index >= 15 is 0 Å². The van der Waals surface area contributed by atoms with E-state index in [4.69, 9.17) is 9.47 Å². The average Bonchev–Trinajstić information content (AvgIpc) is 2.56. The molecule has 0 aromatic heterocycles. The number of guanidine groups is 1. The Morgan fingerprint density at radius 1 is 1.33 bits per heavy atom. The number of ether oxygens (including phenoxy) is 2. The van der Waals surface area contributed by atoms with Crippen molar-refractivity contribution in [3.63, 3.8) is 0 Å². The SMILES string of the molecule is CCOC1CCN(C(=NC)NCCOc2cccc(C)c2)CC1.I. The third-order valence-electron chi connectivity index (χ3n) is 4.00. The van der Waals surface area contributed by atoms with Crippen LogP contribution in [0.4, 0.5) is 0 Å². The number of hydrogen-bond acceptors (Lipinski definition) is 3. The molecule has 0 bridgehead atoms. The fraction of sp³-hybridized carbons (Fsp3) is 0.611. The van der Waals surface area contributed by atoms with Crippen LogP contribution < -0.4 is 10.1 Å². The van der Waals surface area contributed by atoms with E-state index in [1.165, 1.54) is 5.56 Å². The zero-order valence-electron chi connectivity index (χ0n) is 15.0. The molecule has 1 heterocycles. The predicted molar refractivity (Wildman–Crippen MR) is 110 cm³/mol. The van der Waals surface area contributed by atoms with Gasteiger partial charge in [-0.05, 0) is 44.4 Å². The molecule has 1 fully saturated rings. The maximum Gasteiger partial charge on any atom is 0.193 e. The summed E-state index contributed by atoms with van der Waals surface area (Å²) in [6.07, 6.45) is 2.53. The third kappa shape index (κ3) is 6.84. The highest BCUT2D eigenvalue weighted by molar-refractivity contribution is 14.0. The fourth-order valence-corrected chi connectivity index (χ4v) is 2.84. The van der Waals surface area contributed by atoms with Crippen molar-refractivity contribution in [2.75, 3.05) is 39.9 Å². The highest BCUT2D eigenvalue weighted by Gasteiger charge is 2.21. The first-order chi connectivity index (χ1) is 11.2. The predicted octanol–water partition coefficient (Wildman–Crippen LogP) is 3.07. The highest BCUT2D eigenvalue weighted by Crippen LogP contribution is 2.14. The van der Waals surface area contributed by atoms with Gasteiger partial charge >= 0.3 is 0 Å². The molecule has 0 amide bonds. The molecular formula is C18H30IN3O2. The Morgan fingerprint density at radius 2 is 2.08 bits per heavy atom. The minimum absolute atomic E-state index is 0. The molecular weight excluding hydrogens is 417 g/mol. The Hall–Kier alpha value is -1.02. The van der Waals surface area contributed by atoms with Gasteiger partial charge in [-0.1, -0.05) is 12.1 Å². The molecule has 1 aromatic carbocycles. The minimum Gasteiger partial charge on any atom is -0.492 e. The molecule has 1 aromatic rings. The van der Waals surface area contributed by atoms with Crippen molar-refractivity contribution in [2.24, 2.45) is 4.99 Å². The summed E-state index contributed by atoms with van der Waals surface area (Å²) < 4.78 is 11.5. The first-order valence-electron chi connectivity index (χ1n) is 8.49. The average molecular weight is 447 g/mol. The van der Waals surface area contributed by atoms with Gasteiger partial charge in [0.05, 0.1) is 12.6 Å². The van der Waals surface area contributed by atoms with Gasteiger partial charge in [-0.25, -0.2) is 0 Å². The molecule has 0 saturated carbocycles. The van der Waals surface area contributed by atoms with Crippen molar-refractivity contribution in [1.29, 1.82) is 0 Å². The maximum atomic E-state index is 5.76. The molecule has 0 atom stereocenters. The van der Waals surface area contributed by atoms with Crippen molar-refractivity contribution < 1.29 is 9.47 Å². The number of nitrogens with zero attached hydrogens (tertiary/aromatic N) is 2. The lowest BCUT2D eigenvalue weighted by molar-refractivity contribution is 0.0263. The van der Waals surface area contributed by atoms with E-state index in [-0.39, 0.29) is 24.0 Å². The summed E-state index contributed by atoms with van der Waals surface area (Å²) in [7, 11) is 1.83. The fourth-order valence-electron chi connectivity index (χ4n) is 2.84. The summed E-state index contributed by atoms with van der Waals surface area (Å²) >= 11 is 0. The van der Waals surface area contributed by atoms with Gasteiger partial charge < -0.3 is 19.7 Å². The molecule has 5 nitrogen and oxygen atoms in total. The van der Waals surface area contributed by atoms with Crippen LogP contribution in [-0.4, -0.2) is 56.9 Å². The van der Waals surface area contributed by atoms with Gasteiger partial charge in [0.15, 0.2) is 5.96 Å². The smallest absolute Gasteiger partial charge is 0.193 e. The van der Waals surface area contributed by atoms with E-state index in [0.29, 0.717) is 12.7 Å². The van der Waals surface area contributed by atoms with Crippen molar-refractivity contribution in [3.05, 3.63) is 29.8 Å². The number of likely N-dealkylation sites (tertiary alicyclic amines) is 1. The monoisotopic (exact) mass is 447 g/mol. The van der Waals surface area contributed by atoms with Crippen molar-refractivity contribution in [2.45, 2.75) is 32.8 Å². The van der Waals surface area contributed by atoms with Crippen LogP contribution in [0.5, 0.6) is 5.75 Å². The molecule has 0 unspecified atom stereocenters. The minimum atomic E-state index is 0. The van der Waals surface area contributed by atoms with Crippen LogP contribution in [-0.2, 0) is 4.74 Å². The standard InChI is InChI=1S/C18H29N3O2.HI/c1-4-22-16-8-11-21(12-9-16)18(19-3)20-10-13-23-17-7-5-6-15(2)14-17;/h5-7,14,16H,4,8-13H2,1-3H3,(H,19,20);1H. The van der Waals surface area contributed by atoms with E-state index in [1.807, 2.05) is 25.2 Å². The van der Waals surface area contributed by atoms with Gasteiger partial charge in [0.1, 0.15) is 12.4 Å². The van der Waals surface area contributed by atoms with Crippen molar-refractivity contribution in [1.82, 2.24) is 10.2 Å². The molecule has 1 saturated heterocycles. The number of aryl methyl sites for hydroxylation is 1. The zero-order chi connectivity index (χ0) is 16.5. The van der Waals surface area contributed by atoms with E-state index in [2.05, 4.69) is 35.1 Å². The van der Waals surface area contributed by atoms with Gasteiger partial charge in [-0.3, -0.25) is 4.99 Å². The van der Waals surface area contributed by atoms with Crippen LogP contribution in [0.25, 0.3) is 0 Å². The lowest BCUT2D eigenvalue weighted by Gasteiger charge is -2.34. The maximum absolute atomic E-state index is 5.76. The molecule has 136 valence electrons.